The molecule has 0 aliphatic heterocycles. The maximum atomic E-state index is 9.37. The number of hydrogen-bond donors (Lipinski definition) is 0. The molecule has 0 radical (unpaired) electrons. The highest BCUT2D eigenvalue weighted by molar-refractivity contribution is 6.42. The number of aryl methyl sites for hydroxylation is 2. The molecule has 0 N–H and O–H groups in total. The Hall–Kier alpha value is -1.63. The van der Waals surface area contributed by atoms with Gasteiger partial charge in [0, 0.05) is 11.4 Å². The van der Waals surface area contributed by atoms with Gasteiger partial charge in [0.1, 0.15) is 11.7 Å². The summed E-state index contributed by atoms with van der Waals surface area (Å²) in [4.78, 5) is 8.65. The Morgan fingerprint density at radius 3 is 2.21 bits per heavy atom. The fourth-order valence-electron chi connectivity index (χ4n) is 1.86. The summed E-state index contributed by atoms with van der Waals surface area (Å²) in [7, 11) is 0. The topological polar surface area (TPSA) is 49.6 Å². The van der Waals surface area contributed by atoms with Crippen LogP contribution in [0.4, 0.5) is 0 Å². The molecule has 0 aliphatic carbocycles. The first-order valence-electron chi connectivity index (χ1n) is 5.68. The highest BCUT2D eigenvalue weighted by Gasteiger charge is 2.18. The number of benzene rings is 1. The first kappa shape index (κ1) is 13.8. The lowest BCUT2D eigenvalue weighted by molar-refractivity contribution is 0.859. The highest BCUT2D eigenvalue weighted by atomic mass is 35.5. The van der Waals surface area contributed by atoms with Gasteiger partial charge in [0.05, 0.1) is 16.1 Å². The molecular weight excluding hydrogens is 281 g/mol. The van der Waals surface area contributed by atoms with Crippen LogP contribution in [0.5, 0.6) is 0 Å². The zero-order chi connectivity index (χ0) is 14.0. The van der Waals surface area contributed by atoms with Crippen molar-refractivity contribution in [3.05, 3.63) is 57.1 Å². The first-order chi connectivity index (χ1) is 9.01. The van der Waals surface area contributed by atoms with Gasteiger partial charge >= 0.3 is 0 Å². The molecule has 0 amide bonds. The van der Waals surface area contributed by atoms with Crippen molar-refractivity contribution in [3.63, 3.8) is 0 Å². The molecule has 2 aromatic rings. The molecule has 0 saturated heterocycles. The van der Waals surface area contributed by atoms with Crippen LogP contribution in [-0.4, -0.2) is 9.97 Å². The zero-order valence-electron chi connectivity index (χ0n) is 10.5. The Kier molecular flexibility index (Phi) is 4.04. The van der Waals surface area contributed by atoms with Crippen molar-refractivity contribution in [1.29, 1.82) is 5.26 Å². The SMILES string of the molecule is Cc1cc(C)nc(C(C#N)c2ccc(Cl)c(Cl)c2)n1. The number of aromatic nitrogens is 2. The van der Waals surface area contributed by atoms with Crippen molar-refractivity contribution in [2.45, 2.75) is 19.8 Å². The van der Waals surface area contributed by atoms with Gasteiger partial charge < -0.3 is 0 Å². The van der Waals surface area contributed by atoms with Gasteiger partial charge in [-0.2, -0.15) is 5.26 Å². The van der Waals surface area contributed by atoms with Crippen LogP contribution < -0.4 is 0 Å². The molecule has 0 saturated carbocycles. The highest BCUT2D eigenvalue weighted by Crippen LogP contribution is 2.28. The molecule has 1 unspecified atom stereocenters. The van der Waals surface area contributed by atoms with E-state index in [0.717, 1.165) is 17.0 Å². The molecule has 1 aromatic heterocycles. The van der Waals surface area contributed by atoms with Crippen molar-refractivity contribution in [2.75, 3.05) is 0 Å². The molecule has 3 nitrogen and oxygen atoms in total. The Morgan fingerprint density at radius 2 is 1.68 bits per heavy atom. The number of nitrogens with zero attached hydrogens (tertiary/aromatic N) is 3. The smallest absolute Gasteiger partial charge is 0.150 e. The maximum absolute atomic E-state index is 9.37. The molecule has 0 bridgehead atoms. The largest absolute Gasteiger partial charge is 0.236 e. The minimum atomic E-state index is -0.548. The Morgan fingerprint density at radius 1 is 1.05 bits per heavy atom. The van der Waals surface area contributed by atoms with Crippen LogP contribution in [0.1, 0.15) is 28.7 Å². The second-order valence-corrected chi connectivity index (χ2v) is 5.06. The summed E-state index contributed by atoms with van der Waals surface area (Å²) in [6.07, 6.45) is 0. The van der Waals surface area contributed by atoms with Gasteiger partial charge in [-0.25, -0.2) is 9.97 Å². The number of rotatable bonds is 2. The predicted octanol–water partition coefficient (Wildman–Crippen LogP) is 4.06. The Bertz CT molecular complexity index is 642. The summed E-state index contributed by atoms with van der Waals surface area (Å²) in [6, 6.07) is 9.20. The van der Waals surface area contributed by atoms with E-state index in [-0.39, 0.29) is 0 Å². The third kappa shape index (κ3) is 3.04. The van der Waals surface area contributed by atoms with Crippen LogP contribution in [0.25, 0.3) is 0 Å². The summed E-state index contributed by atoms with van der Waals surface area (Å²) in [5.74, 6) is -0.0632. The van der Waals surface area contributed by atoms with E-state index in [1.807, 2.05) is 19.9 Å². The van der Waals surface area contributed by atoms with E-state index in [2.05, 4.69) is 16.0 Å². The molecule has 1 atom stereocenters. The fourth-order valence-corrected chi connectivity index (χ4v) is 2.16. The van der Waals surface area contributed by atoms with E-state index in [1.54, 1.807) is 18.2 Å². The minimum absolute atomic E-state index is 0.420. The van der Waals surface area contributed by atoms with Crippen molar-refractivity contribution in [2.24, 2.45) is 0 Å². The quantitative estimate of drug-likeness (QED) is 0.838. The molecule has 0 spiro atoms. The number of halogens is 2. The van der Waals surface area contributed by atoms with Crippen LogP contribution in [0.3, 0.4) is 0 Å². The lowest BCUT2D eigenvalue weighted by Crippen LogP contribution is -2.06. The Balaban J connectivity index is 2.50. The molecule has 1 aromatic carbocycles. The summed E-state index contributed by atoms with van der Waals surface area (Å²) in [5.41, 5.74) is 2.41. The van der Waals surface area contributed by atoms with Crippen LogP contribution in [0, 0.1) is 25.2 Å². The first-order valence-corrected chi connectivity index (χ1v) is 6.43. The molecule has 19 heavy (non-hydrogen) atoms. The summed E-state index contributed by atoms with van der Waals surface area (Å²) >= 11 is 11.9. The monoisotopic (exact) mass is 291 g/mol. The summed E-state index contributed by atoms with van der Waals surface area (Å²) < 4.78 is 0. The lowest BCUT2D eigenvalue weighted by atomic mass is 9.99. The minimum Gasteiger partial charge on any atom is -0.236 e. The van der Waals surface area contributed by atoms with Gasteiger partial charge in [0.25, 0.3) is 0 Å². The van der Waals surface area contributed by atoms with E-state index < -0.39 is 5.92 Å². The predicted molar refractivity (Wildman–Crippen MR) is 75.4 cm³/mol. The molecule has 5 heteroatoms. The van der Waals surface area contributed by atoms with Crippen LogP contribution in [-0.2, 0) is 0 Å². The van der Waals surface area contributed by atoms with Crippen molar-refractivity contribution in [3.8, 4) is 6.07 Å². The van der Waals surface area contributed by atoms with Crippen molar-refractivity contribution >= 4 is 23.2 Å². The number of nitriles is 1. The van der Waals surface area contributed by atoms with Gasteiger partial charge in [-0.05, 0) is 37.6 Å². The second-order valence-electron chi connectivity index (χ2n) is 4.24. The van der Waals surface area contributed by atoms with Crippen molar-refractivity contribution < 1.29 is 0 Å². The van der Waals surface area contributed by atoms with Gasteiger partial charge in [0.15, 0.2) is 0 Å². The normalized spacial score (nSPS) is 11.9. The van der Waals surface area contributed by atoms with Gasteiger partial charge in [-0.1, -0.05) is 29.3 Å². The van der Waals surface area contributed by atoms with Gasteiger partial charge in [-0.15, -0.1) is 0 Å². The average Bonchev–Trinajstić information content (AvgIpc) is 2.33. The third-order valence-corrected chi connectivity index (χ3v) is 3.40. The fraction of sp³-hybridized carbons (Fsp3) is 0.214. The van der Waals surface area contributed by atoms with E-state index in [9.17, 15) is 5.26 Å². The van der Waals surface area contributed by atoms with Crippen LogP contribution in [0.2, 0.25) is 10.0 Å². The number of hydrogen-bond acceptors (Lipinski definition) is 3. The van der Waals surface area contributed by atoms with E-state index in [1.165, 1.54) is 0 Å². The van der Waals surface area contributed by atoms with E-state index >= 15 is 0 Å². The summed E-state index contributed by atoms with van der Waals surface area (Å²) in [6.45, 7) is 3.75. The summed E-state index contributed by atoms with van der Waals surface area (Å²) in [5, 5.41) is 10.3. The molecule has 1 heterocycles. The maximum Gasteiger partial charge on any atom is 0.150 e. The standard InChI is InChI=1S/C14H11Cl2N3/c1-8-5-9(2)19-14(18-8)11(7-17)10-3-4-12(15)13(16)6-10/h3-6,11H,1-2H3. The molecule has 2 rings (SSSR count). The third-order valence-electron chi connectivity index (χ3n) is 2.66. The molecule has 0 aliphatic rings. The second kappa shape index (κ2) is 5.56. The zero-order valence-corrected chi connectivity index (χ0v) is 12.0. The van der Waals surface area contributed by atoms with Crippen molar-refractivity contribution in [1.82, 2.24) is 9.97 Å². The molecular formula is C14H11Cl2N3. The molecule has 0 fully saturated rings. The Labute approximate surface area is 121 Å². The average molecular weight is 292 g/mol. The van der Waals surface area contributed by atoms with Gasteiger partial charge in [-0.3, -0.25) is 0 Å². The van der Waals surface area contributed by atoms with Crippen LogP contribution in [0.15, 0.2) is 24.3 Å². The van der Waals surface area contributed by atoms with Gasteiger partial charge in [0.2, 0.25) is 0 Å². The van der Waals surface area contributed by atoms with Crippen LogP contribution >= 0.6 is 23.2 Å². The molecule has 96 valence electrons. The van der Waals surface area contributed by atoms with E-state index in [4.69, 9.17) is 23.2 Å². The van der Waals surface area contributed by atoms with E-state index in [0.29, 0.717) is 15.9 Å². The lowest BCUT2D eigenvalue weighted by Gasteiger charge is -2.10.